The van der Waals surface area contributed by atoms with Crippen LogP contribution >= 0.6 is 11.8 Å². The van der Waals surface area contributed by atoms with E-state index in [0.29, 0.717) is 22.8 Å². The molecule has 1 N–H and O–H groups in total. The van der Waals surface area contributed by atoms with Crippen molar-refractivity contribution in [2.75, 3.05) is 10.2 Å². The average Bonchev–Trinajstić information content (AvgIpc) is 3.13. The van der Waals surface area contributed by atoms with Gasteiger partial charge in [-0.05, 0) is 62.1 Å². The first-order chi connectivity index (χ1) is 16.4. The van der Waals surface area contributed by atoms with Crippen molar-refractivity contribution in [2.45, 2.75) is 32.4 Å². The molecule has 34 heavy (non-hydrogen) atoms. The third-order valence-corrected chi connectivity index (χ3v) is 7.14. The molecule has 1 fully saturated rings. The van der Waals surface area contributed by atoms with Gasteiger partial charge in [-0.25, -0.2) is 0 Å². The highest BCUT2D eigenvalue weighted by Crippen LogP contribution is 2.42. The van der Waals surface area contributed by atoms with Crippen molar-refractivity contribution in [3.8, 4) is 6.07 Å². The lowest BCUT2D eigenvalue weighted by Crippen LogP contribution is -2.30. The van der Waals surface area contributed by atoms with Gasteiger partial charge < -0.3 is 5.32 Å². The number of nitriles is 1. The van der Waals surface area contributed by atoms with Crippen molar-refractivity contribution in [2.24, 2.45) is 0 Å². The molecule has 2 amide bonds. The average molecular weight is 468 g/mol. The van der Waals surface area contributed by atoms with E-state index in [-0.39, 0.29) is 11.5 Å². The fraction of sp³-hybridized carbons (Fsp3) is 0.179. The van der Waals surface area contributed by atoms with E-state index in [2.05, 4.69) is 17.5 Å². The highest BCUT2D eigenvalue weighted by molar-refractivity contribution is 8.05. The maximum absolute atomic E-state index is 13.5. The van der Waals surface area contributed by atoms with Gasteiger partial charge >= 0.3 is 0 Å². The number of carbonyl (C=O) groups is 2. The number of anilines is 2. The number of hydrogen-bond acceptors (Lipinski definition) is 4. The predicted molar refractivity (Wildman–Crippen MR) is 137 cm³/mol. The van der Waals surface area contributed by atoms with Crippen LogP contribution in [0, 0.1) is 32.1 Å². The topological polar surface area (TPSA) is 73.2 Å². The third kappa shape index (κ3) is 4.75. The molecule has 5 nitrogen and oxygen atoms in total. The maximum Gasteiger partial charge on any atom is 0.269 e. The van der Waals surface area contributed by atoms with E-state index in [1.807, 2.05) is 87.5 Å². The zero-order chi connectivity index (χ0) is 24.2. The van der Waals surface area contributed by atoms with E-state index in [4.69, 9.17) is 0 Å². The molecule has 6 heteroatoms. The maximum atomic E-state index is 13.5. The molecule has 0 saturated carbocycles. The van der Waals surface area contributed by atoms with Gasteiger partial charge in [0, 0.05) is 11.4 Å². The van der Waals surface area contributed by atoms with Crippen LogP contribution in [0.25, 0.3) is 0 Å². The number of nitrogens with one attached hydrogen (secondary N) is 1. The van der Waals surface area contributed by atoms with Crippen LogP contribution < -0.4 is 10.2 Å². The predicted octanol–water partition coefficient (Wildman–Crippen LogP) is 5.68. The summed E-state index contributed by atoms with van der Waals surface area (Å²) in [6.07, 6.45) is 0.509. The van der Waals surface area contributed by atoms with Crippen molar-refractivity contribution in [1.82, 2.24) is 0 Å². The van der Waals surface area contributed by atoms with Gasteiger partial charge in [-0.15, -0.1) is 0 Å². The number of thioether (sulfide) groups is 1. The van der Waals surface area contributed by atoms with Crippen molar-refractivity contribution in [3.05, 3.63) is 106 Å². The number of amides is 2. The Balaban J connectivity index is 1.73. The molecular formula is C28H25N3O2S. The number of rotatable bonds is 5. The lowest BCUT2D eigenvalue weighted by Gasteiger charge is -2.19. The number of benzene rings is 3. The molecule has 4 rings (SSSR count). The van der Waals surface area contributed by atoms with Gasteiger partial charge in [0.25, 0.3) is 5.91 Å². The monoisotopic (exact) mass is 467 g/mol. The smallest absolute Gasteiger partial charge is 0.269 e. The summed E-state index contributed by atoms with van der Waals surface area (Å²) in [7, 11) is 0. The molecule has 1 saturated heterocycles. The number of aryl methyl sites for hydroxylation is 2. The molecule has 0 aliphatic carbocycles. The van der Waals surface area contributed by atoms with Crippen molar-refractivity contribution < 1.29 is 9.59 Å². The summed E-state index contributed by atoms with van der Waals surface area (Å²) in [5.74, 6) is -0.663. The summed E-state index contributed by atoms with van der Waals surface area (Å²) < 4.78 is 0. The molecule has 1 unspecified atom stereocenters. The Labute approximate surface area is 204 Å². The summed E-state index contributed by atoms with van der Waals surface area (Å²) >= 11 is 1.27. The highest BCUT2D eigenvalue weighted by Gasteiger charge is 2.40. The molecule has 170 valence electrons. The van der Waals surface area contributed by atoms with E-state index in [1.165, 1.54) is 16.7 Å². The van der Waals surface area contributed by atoms with Gasteiger partial charge in [0.05, 0.1) is 5.25 Å². The van der Waals surface area contributed by atoms with Crippen LogP contribution in [0.1, 0.15) is 22.3 Å². The van der Waals surface area contributed by atoms with Gasteiger partial charge in [-0.2, -0.15) is 5.26 Å². The second-order valence-corrected chi connectivity index (χ2v) is 9.49. The summed E-state index contributed by atoms with van der Waals surface area (Å²) in [4.78, 5) is 28.3. The van der Waals surface area contributed by atoms with Crippen LogP contribution in [0.15, 0.2) is 83.4 Å². The van der Waals surface area contributed by atoms with Crippen LogP contribution in [0.2, 0.25) is 0 Å². The summed E-state index contributed by atoms with van der Waals surface area (Å²) in [5, 5.41) is 12.8. The molecule has 1 aliphatic heterocycles. The highest BCUT2D eigenvalue weighted by atomic mass is 32.2. The van der Waals surface area contributed by atoms with Crippen LogP contribution in [0.3, 0.4) is 0 Å². The zero-order valence-electron chi connectivity index (χ0n) is 19.3. The number of carbonyl (C=O) groups excluding carboxylic acids is 2. The van der Waals surface area contributed by atoms with Gasteiger partial charge in [0.15, 0.2) is 0 Å². The first-order valence-electron chi connectivity index (χ1n) is 11.0. The minimum Gasteiger partial charge on any atom is -0.321 e. The largest absolute Gasteiger partial charge is 0.321 e. The molecular weight excluding hydrogens is 442 g/mol. The fourth-order valence-electron chi connectivity index (χ4n) is 3.92. The second-order valence-electron chi connectivity index (χ2n) is 8.30. The number of para-hydroxylation sites is 1. The molecule has 0 aromatic heterocycles. The molecule has 1 aliphatic rings. The Hall–Kier alpha value is -3.82. The van der Waals surface area contributed by atoms with E-state index in [9.17, 15) is 14.9 Å². The van der Waals surface area contributed by atoms with Gasteiger partial charge in [0.2, 0.25) is 5.91 Å². The van der Waals surface area contributed by atoms with Crippen LogP contribution in [-0.4, -0.2) is 17.1 Å². The van der Waals surface area contributed by atoms with Gasteiger partial charge in [-0.3, -0.25) is 14.5 Å². The minimum atomic E-state index is -0.524. The molecule has 1 heterocycles. The normalized spacial score (nSPS) is 16.8. The first-order valence-corrected chi connectivity index (χ1v) is 11.9. The lowest BCUT2D eigenvalue weighted by molar-refractivity contribution is -0.117. The van der Waals surface area contributed by atoms with Crippen molar-refractivity contribution in [1.29, 1.82) is 5.26 Å². The quantitative estimate of drug-likeness (QED) is 0.387. The zero-order valence-corrected chi connectivity index (χ0v) is 20.1. The van der Waals surface area contributed by atoms with Gasteiger partial charge in [-0.1, -0.05) is 71.9 Å². The second kappa shape index (κ2) is 9.98. The molecule has 0 spiro atoms. The van der Waals surface area contributed by atoms with Gasteiger partial charge in [0.1, 0.15) is 16.7 Å². The molecule has 0 radical (unpaired) electrons. The summed E-state index contributed by atoms with van der Waals surface area (Å²) in [5.41, 5.74) is 5.34. The van der Waals surface area contributed by atoms with Crippen molar-refractivity contribution >= 4 is 35.0 Å². The van der Waals surface area contributed by atoms with E-state index in [0.717, 1.165) is 22.3 Å². The minimum absolute atomic E-state index is 0.0742. The van der Waals surface area contributed by atoms with Crippen LogP contribution in [-0.2, 0) is 16.0 Å². The molecule has 0 bridgehead atoms. The first kappa shape index (κ1) is 23.3. The third-order valence-electron chi connectivity index (χ3n) is 5.88. The number of hydrogen-bond donors (Lipinski definition) is 1. The lowest BCUT2D eigenvalue weighted by atomic mass is 10.1. The van der Waals surface area contributed by atoms with E-state index in [1.54, 1.807) is 0 Å². The van der Waals surface area contributed by atoms with Crippen LogP contribution in [0.5, 0.6) is 0 Å². The van der Waals surface area contributed by atoms with E-state index >= 15 is 0 Å². The Morgan fingerprint density at radius 2 is 1.76 bits per heavy atom. The fourth-order valence-corrected chi connectivity index (χ4v) is 5.23. The van der Waals surface area contributed by atoms with Crippen LogP contribution in [0.4, 0.5) is 11.4 Å². The Morgan fingerprint density at radius 3 is 2.47 bits per heavy atom. The standard InChI is InChI=1S/C28H25N3O2S/c1-18-9-7-11-21(15-18)16-25-27(33)31(22-12-5-4-6-13-22)28(34-25)23(17-29)26(32)30-24-14-8-10-19(2)20(24)3/h4-15,25H,16H2,1-3H3,(H,30,32). The summed E-state index contributed by atoms with van der Waals surface area (Å²) in [6, 6.07) is 24.9. The Bertz CT molecular complexity index is 1320. The molecule has 1 atom stereocenters. The summed E-state index contributed by atoms with van der Waals surface area (Å²) in [6.45, 7) is 5.90. The Morgan fingerprint density at radius 1 is 1.03 bits per heavy atom. The molecule has 3 aromatic rings. The van der Waals surface area contributed by atoms with E-state index < -0.39 is 11.2 Å². The van der Waals surface area contributed by atoms with Crippen molar-refractivity contribution in [3.63, 3.8) is 0 Å². The Kier molecular flexibility index (Phi) is 6.85. The molecule has 3 aromatic carbocycles. The SMILES string of the molecule is Cc1cccc(CC2SC(=C(C#N)C(=O)Nc3cccc(C)c3C)N(c3ccccc3)C2=O)c1. The number of nitrogens with zero attached hydrogens (tertiary/aromatic N) is 2.